The summed E-state index contributed by atoms with van der Waals surface area (Å²) < 4.78 is 11.6. The number of thioether (sulfide) groups is 1. The summed E-state index contributed by atoms with van der Waals surface area (Å²) in [6, 6.07) is 0. The van der Waals surface area contributed by atoms with Crippen molar-refractivity contribution < 1.29 is 23.9 Å². The maximum absolute atomic E-state index is 12.8. The number of carbonyl (C=O) groups is 3. The molecule has 1 N–H and O–H groups in total. The number of nitrogens with zero attached hydrogens (tertiary/aromatic N) is 3. The Balaban J connectivity index is 1.80. The van der Waals surface area contributed by atoms with Gasteiger partial charge in [-0.25, -0.2) is 9.59 Å². The second-order valence-corrected chi connectivity index (χ2v) is 10.4. The Morgan fingerprint density at radius 2 is 1.79 bits per heavy atom. The minimum atomic E-state index is -0.638. The first-order valence-corrected chi connectivity index (χ1v) is 13.1. The number of nitrogens with one attached hydrogen (secondary N) is 1. The average Bonchev–Trinajstić information content (AvgIpc) is 3.47. The highest BCUT2D eigenvalue weighted by Gasteiger charge is 2.27. The lowest BCUT2D eigenvalue weighted by molar-refractivity contribution is -0.113. The number of hydrogen-bond donors (Lipinski definition) is 1. The van der Waals surface area contributed by atoms with Gasteiger partial charge in [-0.2, -0.15) is 0 Å². The lowest BCUT2D eigenvalue weighted by Crippen LogP contribution is -2.16. The van der Waals surface area contributed by atoms with Crippen LogP contribution >= 0.6 is 34.4 Å². The highest BCUT2D eigenvalue weighted by atomic mass is 32.2. The first-order valence-electron chi connectivity index (χ1n) is 10.4. The highest BCUT2D eigenvalue weighted by molar-refractivity contribution is 7.99. The van der Waals surface area contributed by atoms with Crippen molar-refractivity contribution in [2.45, 2.75) is 45.8 Å². The van der Waals surface area contributed by atoms with Crippen LogP contribution in [-0.4, -0.2) is 52.6 Å². The van der Waals surface area contributed by atoms with Gasteiger partial charge in [0.05, 0.1) is 25.5 Å². The summed E-state index contributed by atoms with van der Waals surface area (Å²) in [5.74, 6) is -0.726. The van der Waals surface area contributed by atoms with Crippen molar-refractivity contribution in [3.8, 4) is 11.4 Å². The summed E-state index contributed by atoms with van der Waals surface area (Å²) in [4.78, 5) is 38.6. The Kier molecular flexibility index (Phi) is 8.50. The van der Waals surface area contributed by atoms with Crippen LogP contribution < -0.4 is 5.32 Å². The number of ether oxygens (including phenoxy) is 2. The third kappa shape index (κ3) is 5.18. The molecule has 3 rings (SSSR count). The minimum absolute atomic E-state index is 0.0502. The van der Waals surface area contributed by atoms with Crippen LogP contribution in [0.5, 0.6) is 0 Å². The molecular weight excluding hydrogens is 496 g/mol. The highest BCUT2D eigenvalue weighted by Crippen LogP contribution is 2.35. The van der Waals surface area contributed by atoms with E-state index in [1.807, 2.05) is 4.57 Å². The van der Waals surface area contributed by atoms with Crippen LogP contribution in [0, 0.1) is 20.8 Å². The van der Waals surface area contributed by atoms with Gasteiger partial charge in [0.1, 0.15) is 9.88 Å². The fourth-order valence-corrected chi connectivity index (χ4v) is 6.04. The largest absolute Gasteiger partial charge is 0.465 e. The third-order valence-corrected chi connectivity index (χ3v) is 8.35. The summed E-state index contributed by atoms with van der Waals surface area (Å²) in [7, 11) is 2.50. The van der Waals surface area contributed by atoms with Gasteiger partial charge in [0.25, 0.3) is 0 Å². The van der Waals surface area contributed by atoms with Gasteiger partial charge in [-0.1, -0.05) is 18.7 Å². The maximum Gasteiger partial charge on any atom is 0.348 e. The molecule has 0 aliphatic carbocycles. The van der Waals surface area contributed by atoms with Gasteiger partial charge in [0.15, 0.2) is 11.0 Å². The summed E-state index contributed by atoms with van der Waals surface area (Å²) in [6.07, 6.45) is 0.889. The van der Waals surface area contributed by atoms with Gasteiger partial charge in [-0.15, -0.1) is 32.9 Å². The predicted molar refractivity (Wildman–Crippen MR) is 134 cm³/mol. The Labute approximate surface area is 209 Å². The second kappa shape index (κ2) is 11.2. The maximum atomic E-state index is 12.8. The lowest BCUT2D eigenvalue weighted by Gasteiger charge is -2.09. The van der Waals surface area contributed by atoms with Gasteiger partial charge < -0.3 is 19.4 Å². The van der Waals surface area contributed by atoms with E-state index in [0.29, 0.717) is 10.7 Å². The van der Waals surface area contributed by atoms with Crippen molar-refractivity contribution in [3.63, 3.8) is 0 Å². The quantitative estimate of drug-likeness (QED) is 0.318. The molecule has 9 nitrogen and oxygen atoms in total. The van der Waals surface area contributed by atoms with Gasteiger partial charge in [-0.3, -0.25) is 4.79 Å². The molecule has 0 spiro atoms. The zero-order valence-electron chi connectivity index (χ0n) is 19.8. The third-order valence-electron chi connectivity index (χ3n) is 5.18. The molecule has 0 fully saturated rings. The van der Waals surface area contributed by atoms with Gasteiger partial charge in [0, 0.05) is 22.4 Å². The lowest BCUT2D eigenvalue weighted by atomic mass is 10.1. The number of anilines is 1. The summed E-state index contributed by atoms with van der Waals surface area (Å²) in [5, 5.41) is 14.4. The first kappa shape index (κ1) is 25.9. The van der Waals surface area contributed by atoms with Crippen molar-refractivity contribution in [2.24, 2.45) is 0 Å². The smallest absolute Gasteiger partial charge is 0.348 e. The molecule has 0 unspecified atom stereocenters. The molecule has 0 saturated carbocycles. The molecule has 182 valence electrons. The number of methoxy groups -OCH3 is 2. The van der Waals surface area contributed by atoms with Crippen LogP contribution in [0.3, 0.4) is 0 Å². The van der Waals surface area contributed by atoms with E-state index in [0.717, 1.165) is 35.7 Å². The number of hydrogen-bond acceptors (Lipinski definition) is 10. The molecule has 0 atom stereocenters. The monoisotopic (exact) mass is 522 g/mol. The number of thiophene rings is 2. The van der Waals surface area contributed by atoms with Crippen LogP contribution in [0.25, 0.3) is 11.4 Å². The zero-order valence-corrected chi connectivity index (χ0v) is 22.3. The summed E-state index contributed by atoms with van der Waals surface area (Å²) in [5.41, 5.74) is 2.77. The van der Waals surface area contributed by atoms with E-state index >= 15 is 0 Å². The van der Waals surface area contributed by atoms with E-state index in [-0.39, 0.29) is 27.1 Å². The average molecular weight is 523 g/mol. The van der Waals surface area contributed by atoms with E-state index < -0.39 is 11.9 Å². The molecule has 1 amide bonds. The van der Waals surface area contributed by atoms with Gasteiger partial charge in [0.2, 0.25) is 5.91 Å². The molecule has 0 radical (unpaired) electrons. The Bertz CT molecular complexity index is 1230. The van der Waals surface area contributed by atoms with Crippen LogP contribution in [0.1, 0.15) is 49.4 Å². The molecule has 0 saturated heterocycles. The van der Waals surface area contributed by atoms with Gasteiger partial charge in [-0.05, 0) is 38.3 Å². The molecule has 0 aliphatic rings. The Morgan fingerprint density at radius 3 is 2.38 bits per heavy atom. The Morgan fingerprint density at radius 1 is 1.09 bits per heavy atom. The molecule has 3 aromatic heterocycles. The number of aryl methyl sites for hydroxylation is 1. The standard InChI is InChI=1S/C22H26N4O5S3/c1-7-8-26-18(14-9-32-13(4)11(14)2)24-25-22(26)33-10-15(27)23-19-16(20(28)30-5)12(3)17(34-19)21(29)31-6/h9H,7-8,10H2,1-6H3,(H,23,27). The number of rotatable bonds is 9. The van der Waals surface area contributed by atoms with Crippen molar-refractivity contribution in [1.82, 2.24) is 14.8 Å². The summed E-state index contributed by atoms with van der Waals surface area (Å²) >= 11 is 3.91. The summed E-state index contributed by atoms with van der Waals surface area (Å²) in [6.45, 7) is 8.55. The molecular formula is C22H26N4O5S3. The number of amides is 1. The van der Waals surface area contributed by atoms with Crippen LogP contribution in [0.2, 0.25) is 0 Å². The molecule has 0 bridgehead atoms. The minimum Gasteiger partial charge on any atom is -0.465 e. The van der Waals surface area contributed by atoms with Crippen molar-refractivity contribution in [2.75, 3.05) is 25.3 Å². The van der Waals surface area contributed by atoms with Crippen LogP contribution in [0.4, 0.5) is 5.00 Å². The normalized spacial score (nSPS) is 10.9. The van der Waals surface area contributed by atoms with Crippen LogP contribution in [0.15, 0.2) is 10.5 Å². The van der Waals surface area contributed by atoms with Crippen molar-refractivity contribution >= 4 is 57.3 Å². The van der Waals surface area contributed by atoms with E-state index in [9.17, 15) is 14.4 Å². The predicted octanol–water partition coefficient (Wildman–Crippen LogP) is 4.71. The zero-order chi connectivity index (χ0) is 25.0. The molecule has 0 aromatic carbocycles. The van der Waals surface area contributed by atoms with Gasteiger partial charge >= 0.3 is 11.9 Å². The SMILES string of the molecule is CCCn1c(SCC(=O)Nc2sc(C(=O)OC)c(C)c2C(=O)OC)nnc1-c1csc(C)c1C. The fraction of sp³-hybridized carbons (Fsp3) is 0.409. The second-order valence-electron chi connectivity index (χ2n) is 7.37. The van der Waals surface area contributed by atoms with E-state index in [4.69, 9.17) is 9.47 Å². The molecule has 0 aliphatic heterocycles. The van der Waals surface area contributed by atoms with Crippen LogP contribution in [-0.2, 0) is 20.8 Å². The Hall–Kier alpha value is -2.70. The number of aromatic nitrogens is 3. The fourth-order valence-electron chi connectivity index (χ4n) is 3.28. The van der Waals surface area contributed by atoms with Crippen molar-refractivity contribution in [1.29, 1.82) is 0 Å². The van der Waals surface area contributed by atoms with E-state index in [1.54, 1.807) is 18.3 Å². The molecule has 12 heteroatoms. The van der Waals surface area contributed by atoms with E-state index in [1.165, 1.54) is 36.4 Å². The number of carbonyl (C=O) groups excluding carboxylic acids is 3. The van der Waals surface area contributed by atoms with E-state index in [2.05, 4.69) is 41.7 Å². The first-order chi connectivity index (χ1) is 16.2. The number of esters is 2. The topological polar surface area (TPSA) is 112 Å². The molecule has 3 aromatic rings. The van der Waals surface area contributed by atoms with Crippen molar-refractivity contribution in [3.05, 3.63) is 31.8 Å². The molecule has 3 heterocycles. The molecule has 34 heavy (non-hydrogen) atoms.